The van der Waals surface area contributed by atoms with Crippen LogP contribution in [-0.4, -0.2) is 56.1 Å². The van der Waals surface area contributed by atoms with E-state index in [1.54, 1.807) is 0 Å². The zero-order chi connectivity index (χ0) is 17.0. The lowest BCUT2D eigenvalue weighted by Crippen LogP contribution is -2.37. The van der Waals surface area contributed by atoms with Gasteiger partial charge in [0.2, 0.25) is 5.95 Å². The summed E-state index contributed by atoms with van der Waals surface area (Å²) in [7, 11) is -0.876. The molecular formula is C16H28N4O2S. The summed E-state index contributed by atoms with van der Waals surface area (Å²) in [6.45, 7) is 7.82. The van der Waals surface area contributed by atoms with Crippen molar-refractivity contribution in [2.75, 3.05) is 41.4 Å². The van der Waals surface area contributed by atoms with E-state index in [1.807, 2.05) is 31.9 Å². The summed E-state index contributed by atoms with van der Waals surface area (Å²) in [5.74, 6) is 2.02. The highest BCUT2D eigenvalue weighted by atomic mass is 32.2. The first kappa shape index (κ1) is 18.0. The third-order valence-electron chi connectivity index (χ3n) is 4.31. The molecule has 130 valence electrons. The third-order valence-corrected chi connectivity index (χ3v) is 6.06. The van der Waals surface area contributed by atoms with Gasteiger partial charge in [0.1, 0.15) is 5.82 Å². The molecule has 2 rings (SSSR count). The van der Waals surface area contributed by atoms with Crippen LogP contribution in [0.2, 0.25) is 0 Å². The molecule has 1 aromatic rings. The van der Waals surface area contributed by atoms with Gasteiger partial charge < -0.3 is 9.80 Å². The number of sulfone groups is 1. The summed E-state index contributed by atoms with van der Waals surface area (Å²) in [5.41, 5.74) is 0.910. The van der Waals surface area contributed by atoms with E-state index in [2.05, 4.69) is 16.8 Å². The zero-order valence-corrected chi connectivity index (χ0v) is 15.4. The maximum Gasteiger partial charge on any atom is 0.227 e. The predicted octanol–water partition coefficient (Wildman–Crippen LogP) is 2.03. The fourth-order valence-electron chi connectivity index (χ4n) is 2.95. The van der Waals surface area contributed by atoms with E-state index in [-0.39, 0.29) is 17.5 Å². The Hall–Kier alpha value is -1.37. The second-order valence-corrected chi connectivity index (χ2v) is 8.51. The van der Waals surface area contributed by atoms with Gasteiger partial charge in [0, 0.05) is 37.9 Å². The number of hydrogen-bond donors (Lipinski definition) is 0. The van der Waals surface area contributed by atoms with Crippen molar-refractivity contribution < 1.29 is 8.42 Å². The molecule has 0 radical (unpaired) electrons. The number of rotatable bonds is 7. The first-order chi connectivity index (χ1) is 10.9. The van der Waals surface area contributed by atoms with E-state index >= 15 is 0 Å². The lowest BCUT2D eigenvalue weighted by atomic mass is 10.2. The fourth-order valence-corrected chi connectivity index (χ4v) is 4.69. The first-order valence-electron chi connectivity index (χ1n) is 8.40. The molecule has 0 amide bonds. The minimum Gasteiger partial charge on any atom is -0.360 e. The monoisotopic (exact) mass is 340 g/mol. The molecule has 1 aromatic heterocycles. The van der Waals surface area contributed by atoms with Crippen LogP contribution in [0.15, 0.2) is 6.07 Å². The van der Waals surface area contributed by atoms with Gasteiger partial charge in [0.05, 0.1) is 11.5 Å². The van der Waals surface area contributed by atoms with E-state index in [9.17, 15) is 8.42 Å². The molecule has 0 bridgehead atoms. The molecule has 1 aliphatic rings. The Kier molecular flexibility index (Phi) is 5.84. The van der Waals surface area contributed by atoms with Crippen molar-refractivity contribution in [3.8, 4) is 0 Å². The van der Waals surface area contributed by atoms with Crippen molar-refractivity contribution in [2.24, 2.45) is 0 Å². The molecule has 1 unspecified atom stereocenters. The Morgan fingerprint density at radius 2 is 2.04 bits per heavy atom. The Balaban J connectivity index is 2.25. The van der Waals surface area contributed by atoms with Crippen LogP contribution < -0.4 is 9.80 Å². The molecule has 0 aliphatic carbocycles. The second kappa shape index (κ2) is 7.47. The lowest BCUT2D eigenvalue weighted by molar-refractivity contribution is 0.599. The van der Waals surface area contributed by atoms with E-state index in [0.717, 1.165) is 30.9 Å². The molecule has 1 saturated heterocycles. The van der Waals surface area contributed by atoms with Crippen LogP contribution in [0.1, 0.15) is 38.8 Å². The fraction of sp³-hybridized carbons (Fsp3) is 0.750. The van der Waals surface area contributed by atoms with Gasteiger partial charge in [-0.2, -0.15) is 4.98 Å². The van der Waals surface area contributed by atoms with Crippen LogP contribution in [0.25, 0.3) is 0 Å². The first-order valence-corrected chi connectivity index (χ1v) is 10.2. The normalized spacial score (nSPS) is 19.7. The second-order valence-electron chi connectivity index (χ2n) is 6.29. The molecule has 0 saturated carbocycles. The molecule has 6 nitrogen and oxygen atoms in total. The minimum absolute atomic E-state index is 0.0133. The topological polar surface area (TPSA) is 66.4 Å². The lowest BCUT2D eigenvalue weighted by Gasteiger charge is -2.28. The van der Waals surface area contributed by atoms with Crippen LogP contribution in [0.3, 0.4) is 0 Å². The summed E-state index contributed by atoms with van der Waals surface area (Å²) < 4.78 is 23.6. The van der Waals surface area contributed by atoms with Crippen molar-refractivity contribution in [3.63, 3.8) is 0 Å². The van der Waals surface area contributed by atoms with Crippen molar-refractivity contribution in [1.29, 1.82) is 0 Å². The average molecular weight is 340 g/mol. The van der Waals surface area contributed by atoms with Crippen LogP contribution in [0.4, 0.5) is 11.8 Å². The number of anilines is 2. The quantitative estimate of drug-likeness (QED) is 0.757. The van der Waals surface area contributed by atoms with E-state index in [4.69, 9.17) is 4.98 Å². The summed E-state index contributed by atoms with van der Waals surface area (Å²) >= 11 is 0. The molecule has 0 aromatic carbocycles. The van der Waals surface area contributed by atoms with Gasteiger partial charge in [0.25, 0.3) is 0 Å². The standard InChI is InChI=1S/C16H28N4O2S/c1-5-7-9-19(4)15-11-13(3)17-16(18-15)20(6-2)14-8-10-23(21,22)12-14/h11,14H,5-10,12H2,1-4H3. The largest absolute Gasteiger partial charge is 0.360 e. The highest BCUT2D eigenvalue weighted by Gasteiger charge is 2.33. The van der Waals surface area contributed by atoms with Gasteiger partial charge in [-0.05, 0) is 26.7 Å². The number of unbranched alkanes of at least 4 members (excludes halogenated alkanes) is 1. The van der Waals surface area contributed by atoms with Gasteiger partial charge in [-0.25, -0.2) is 13.4 Å². The number of aryl methyl sites for hydroxylation is 1. The highest BCUT2D eigenvalue weighted by Crippen LogP contribution is 2.24. The summed E-state index contributed by atoms with van der Waals surface area (Å²) in [6, 6.07) is 1.97. The van der Waals surface area contributed by atoms with Gasteiger partial charge in [-0.1, -0.05) is 13.3 Å². The SMILES string of the molecule is CCCCN(C)c1cc(C)nc(N(CC)C2CCS(=O)(=O)C2)n1. The molecule has 1 atom stereocenters. The summed E-state index contributed by atoms with van der Waals surface area (Å²) in [4.78, 5) is 13.4. The molecule has 0 spiro atoms. The summed E-state index contributed by atoms with van der Waals surface area (Å²) in [5, 5.41) is 0. The highest BCUT2D eigenvalue weighted by molar-refractivity contribution is 7.91. The van der Waals surface area contributed by atoms with Crippen LogP contribution in [0, 0.1) is 6.92 Å². The number of nitrogens with zero attached hydrogens (tertiary/aromatic N) is 4. The molecule has 1 fully saturated rings. The van der Waals surface area contributed by atoms with E-state index in [1.165, 1.54) is 0 Å². The van der Waals surface area contributed by atoms with E-state index in [0.29, 0.717) is 18.9 Å². The van der Waals surface area contributed by atoms with Gasteiger partial charge in [-0.15, -0.1) is 0 Å². The molecule has 2 heterocycles. The van der Waals surface area contributed by atoms with Crippen LogP contribution in [0.5, 0.6) is 0 Å². The van der Waals surface area contributed by atoms with Gasteiger partial charge in [-0.3, -0.25) is 0 Å². The Labute approximate surface area is 139 Å². The Morgan fingerprint density at radius 1 is 1.30 bits per heavy atom. The molecule has 23 heavy (non-hydrogen) atoms. The van der Waals surface area contributed by atoms with Crippen molar-refractivity contribution in [3.05, 3.63) is 11.8 Å². The zero-order valence-electron chi connectivity index (χ0n) is 14.6. The van der Waals surface area contributed by atoms with Crippen molar-refractivity contribution in [2.45, 2.75) is 46.1 Å². The number of aromatic nitrogens is 2. The Bertz CT molecular complexity index is 633. The molecule has 1 aliphatic heterocycles. The van der Waals surface area contributed by atoms with Crippen molar-refractivity contribution >= 4 is 21.6 Å². The van der Waals surface area contributed by atoms with Crippen molar-refractivity contribution in [1.82, 2.24) is 9.97 Å². The van der Waals surface area contributed by atoms with E-state index < -0.39 is 9.84 Å². The maximum absolute atomic E-state index is 11.8. The summed E-state index contributed by atoms with van der Waals surface area (Å²) in [6.07, 6.45) is 2.92. The smallest absolute Gasteiger partial charge is 0.227 e. The third kappa shape index (κ3) is 4.56. The van der Waals surface area contributed by atoms with Gasteiger partial charge in [0.15, 0.2) is 9.84 Å². The molecule has 0 N–H and O–H groups in total. The van der Waals surface area contributed by atoms with Crippen LogP contribution >= 0.6 is 0 Å². The predicted molar refractivity (Wildman–Crippen MR) is 95.0 cm³/mol. The molecular weight excluding hydrogens is 312 g/mol. The van der Waals surface area contributed by atoms with Gasteiger partial charge >= 0.3 is 0 Å². The molecule has 7 heteroatoms. The number of hydrogen-bond acceptors (Lipinski definition) is 6. The minimum atomic E-state index is -2.91. The Morgan fingerprint density at radius 3 is 2.61 bits per heavy atom. The van der Waals surface area contributed by atoms with Crippen LogP contribution in [-0.2, 0) is 9.84 Å². The maximum atomic E-state index is 11.8. The average Bonchev–Trinajstić information content (AvgIpc) is 2.85.